The van der Waals surface area contributed by atoms with Crippen LogP contribution in [-0.2, 0) is 11.2 Å². The fraction of sp³-hybridized carbons (Fsp3) is 0.562. The van der Waals surface area contributed by atoms with E-state index in [1.54, 1.807) is 19.2 Å². The predicted molar refractivity (Wildman–Crippen MR) is 73.2 cm³/mol. The lowest BCUT2D eigenvalue weighted by Gasteiger charge is -2.29. The van der Waals surface area contributed by atoms with Gasteiger partial charge in [0.25, 0.3) is 0 Å². The van der Waals surface area contributed by atoms with E-state index < -0.39 is 12.1 Å². The Kier molecular flexibility index (Phi) is 4.91. The lowest BCUT2D eigenvalue weighted by molar-refractivity contribution is -0.184. The van der Waals surface area contributed by atoms with Crippen molar-refractivity contribution in [2.24, 2.45) is 11.8 Å². The molecule has 0 radical (unpaired) electrons. The third-order valence-corrected chi connectivity index (χ3v) is 4.18. The number of alkyl halides is 3. The maximum absolute atomic E-state index is 12.6. The molecule has 0 aromatic heterocycles. The Morgan fingerprint density at radius 2 is 1.71 bits per heavy atom. The van der Waals surface area contributed by atoms with E-state index in [0.717, 1.165) is 11.3 Å². The molecule has 1 saturated carbocycles. The molecule has 1 aromatic carbocycles. The lowest BCUT2D eigenvalue weighted by Crippen LogP contribution is -2.30. The molecule has 0 N–H and O–H groups in total. The number of halogens is 3. The summed E-state index contributed by atoms with van der Waals surface area (Å²) < 4.78 is 42.8. The van der Waals surface area contributed by atoms with Gasteiger partial charge < -0.3 is 4.74 Å². The molecule has 2 rings (SSSR count). The van der Waals surface area contributed by atoms with Crippen molar-refractivity contribution in [3.05, 3.63) is 29.8 Å². The van der Waals surface area contributed by atoms with Crippen molar-refractivity contribution in [1.29, 1.82) is 0 Å². The van der Waals surface area contributed by atoms with Crippen molar-refractivity contribution < 1.29 is 22.7 Å². The van der Waals surface area contributed by atoms with E-state index in [1.807, 2.05) is 12.1 Å². The fourth-order valence-corrected chi connectivity index (χ4v) is 2.83. The maximum atomic E-state index is 12.6. The summed E-state index contributed by atoms with van der Waals surface area (Å²) in [6.07, 6.45) is -3.00. The first-order valence-corrected chi connectivity index (χ1v) is 7.12. The summed E-state index contributed by atoms with van der Waals surface area (Å²) >= 11 is 0. The van der Waals surface area contributed by atoms with E-state index in [1.165, 1.54) is 0 Å². The molecule has 1 aliphatic rings. The van der Waals surface area contributed by atoms with Crippen LogP contribution in [0.3, 0.4) is 0 Å². The molecule has 0 aliphatic heterocycles. The molecule has 5 heteroatoms. The highest BCUT2D eigenvalue weighted by molar-refractivity contribution is 5.83. The van der Waals surface area contributed by atoms with Crippen LogP contribution in [0.4, 0.5) is 13.2 Å². The van der Waals surface area contributed by atoms with Gasteiger partial charge in [-0.2, -0.15) is 13.2 Å². The van der Waals surface area contributed by atoms with Gasteiger partial charge in [-0.05, 0) is 43.4 Å². The third kappa shape index (κ3) is 4.22. The van der Waals surface area contributed by atoms with E-state index >= 15 is 0 Å². The second-order valence-electron chi connectivity index (χ2n) is 5.58. The quantitative estimate of drug-likeness (QED) is 0.834. The average Bonchev–Trinajstić information content (AvgIpc) is 2.47. The van der Waals surface area contributed by atoms with Gasteiger partial charge in [-0.25, -0.2) is 0 Å². The topological polar surface area (TPSA) is 26.3 Å². The Labute approximate surface area is 122 Å². The van der Waals surface area contributed by atoms with E-state index in [4.69, 9.17) is 4.74 Å². The monoisotopic (exact) mass is 300 g/mol. The van der Waals surface area contributed by atoms with Crippen LogP contribution in [0.1, 0.15) is 31.2 Å². The van der Waals surface area contributed by atoms with Gasteiger partial charge in [-0.15, -0.1) is 0 Å². The maximum Gasteiger partial charge on any atom is 0.391 e. The van der Waals surface area contributed by atoms with E-state index in [2.05, 4.69) is 0 Å². The van der Waals surface area contributed by atoms with Crippen LogP contribution < -0.4 is 4.74 Å². The molecule has 0 amide bonds. The number of benzene rings is 1. The summed E-state index contributed by atoms with van der Waals surface area (Å²) in [7, 11) is 1.57. The van der Waals surface area contributed by atoms with Crippen LogP contribution in [-0.4, -0.2) is 19.1 Å². The van der Waals surface area contributed by atoms with Gasteiger partial charge in [-0.1, -0.05) is 12.1 Å². The molecule has 0 atom stereocenters. The highest BCUT2D eigenvalue weighted by Crippen LogP contribution is 2.39. The van der Waals surface area contributed by atoms with E-state index in [9.17, 15) is 18.0 Å². The van der Waals surface area contributed by atoms with Gasteiger partial charge in [0.2, 0.25) is 0 Å². The second-order valence-corrected chi connectivity index (χ2v) is 5.58. The minimum atomic E-state index is -4.12. The first-order chi connectivity index (χ1) is 9.90. The number of carbonyl (C=O) groups is 1. The van der Waals surface area contributed by atoms with Gasteiger partial charge in [0.05, 0.1) is 13.0 Å². The Morgan fingerprint density at radius 3 is 2.19 bits per heavy atom. The SMILES string of the molecule is COc1ccc(CC(=O)C2CCC(C(F)(F)F)CC2)cc1. The molecule has 0 unspecified atom stereocenters. The van der Waals surface area contributed by atoms with Crippen LogP contribution in [0.15, 0.2) is 24.3 Å². The largest absolute Gasteiger partial charge is 0.497 e. The molecule has 1 fully saturated rings. The number of carbonyl (C=O) groups excluding carboxylic acids is 1. The summed E-state index contributed by atoms with van der Waals surface area (Å²) in [4.78, 5) is 12.2. The summed E-state index contributed by atoms with van der Waals surface area (Å²) in [5.41, 5.74) is 0.874. The third-order valence-electron chi connectivity index (χ3n) is 4.18. The zero-order valence-corrected chi connectivity index (χ0v) is 12.0. The van der Waals surface area contributed by atoms with Crippen molar-refractivity contribution in [3.63, 3.8) is 0 Å². The first-order valence-electron chi connectivity index (χ1n) is 7.12. The predicted octanol–water partition coefficient (Wildman–Crippen LogP) is 4.18. The molecular weight excluding hydrogens is 281 g/mol. The second kappa shape index (κ2) is 6.50. The summed E-state index contributed by atoms with van der Waals surface area (Å²) in [5, 5.41) is 0. The lowest BCUT2D eigenvalue weighted by atomic mass is 9.78. The Bertz CT molecular complexity index is 471. The number of hydrogen-bond donors (Lipinski definition) is 0. The molecular formula is C16H19F3O2. The van der Waals surface area contributed by atoms with Gasteiger partial charge in [0.15, 0.2) is 0 Å². The summed E-state index contributed by atoms with van der Waals surface area (Å²) in [6, 6.07) is 7.20. The van der Waals surface area contributed by atoms with Gasteiger partial charge in [0.1, 0.15) is 11.5 Å². The van der Waals surface area contributed by atoms with Gasteiger partial charge in [0, 0.05) is 12.3 Å². The number of methoxy groups -OCH3 is 1. The minimum Gasteiger partial charge on any atom is -0.497 e. The van der Waals surface area contributed by atoms with Crippen LogP contribution in [0.25, 0.3) is 0 Å². The number of ketones is 1. The number of Topliss-reactive ketones (excluding diaryl/α,β-unsaturated/α-hetero) is 1. The zero-order valence-electron chi connectivity index (χ0n) is 12.0. The van der Waals surface area contributed by atoms with Crippen molar-refractivity contribution >= 4 is 5.78 Å². The molecule has 21 heavy (non-hydrogen) atoms. The highest BCUT2D eigenvalue weighted by atomic mass is 19.4. The van der Waals surface area contributed by atoms with Crippen LogP contribution in [0.5, 0.6) is 5.75 Å². The van der Waals surface area contributed by atoms with Crippen LogP contribution >= 0.6 is 0 Å². The average molecular weight is 300 g/mol. The molecule has 0 saturated heterocycles. The van der Waals surface area contributed by atoms with Crippen molar-refractivity contribution in [2.45, 2.75) is 38.3 Å². The molecule has 116 valence electrons. The standard InChI is InChI=1S/C16H19F3O2/c1-21-14-8-2-11(3-9-14)10-15(20)12-4-6-13(7-5-12)16(17,18)19/h2-3,8-9,12-13H,4-7,10H2,1H3. The Morgan fingerprint density at radius 1 is 1.14 bits per heavy atom. The Hall–Kier alpha value is -1.52. The zero-order chi connectivity index (χ0) is 15.5. The van der Waals surface area contributed by atoms with Crippen molar-refractivity contribution in [2.75, 3.05) is 7.11 Å². The van der Waals surface area contributed by atoms with Crippen molar-refractivity contribution in [1.82, 2.24) is 0 Å². The fourth-order valence-electron chi connectivity index (χ4n) is 2.83. The smallest absolute Gasteiger partial charge is 0.391 e. The molecule has 1 aromatic rings. The van der Waals surface area contributed by atoms with E-state index in [0.29, 0.717) is 12.8 Å². The van der Waals surface area contributed by atoms with Crippen molar-refractivity contribution in [3.8, 4) is 5.75 Å². The number of ether oxygens (including phenoxy) is 1. The van der Waals surface area contributed by atoms with Crippen LogP contribution in [0.2, 0.25) is 0 Å². The molecule has 0 spiro atoms. The molecule has 2 nitrogen and oxygen atoms in total. The Balaban J connectivity index is 1.87. The number of rotatable bonds is 4. The van der Waals surface area contributed by atoms with Gasteiger partial charge >= 0.3 is 6.18 Å². The van der Waals surface area contributed by atoms with Gasteiger partial charge in [-0.3, -0.25) is 4.79 Å². The normalized spacial score (nSPS) is 22.9. The molecule has 0 heterocycles. The molecule has 1 aliphatic carbocycles. The summed E-state index contributed by atoms with van der Waals surface area (Å²) in [6.45, 7) is 0. The van der Waals surface area contributed by atoms with Crippen LogP contribution in [0, 0.1) is 11.8 Å². The molecule has 0 bridgehead atoms. The summed E-state index contributed by atoms with van der Waals surface area (Å²) in [5.74, 6) is -0.703. The highest BCUT2D eigenvalue weighted by Gasteiger charge is 2.42. The first kappa shape index (κ1) is 15.9. The number of hydrogen-bond acceptors (Lipinski definition) is 2. The van der Waals surface area contributed by atoms with E-state index in [-0.39, 0.29) is 31.0 Å². The minimum absolute atomic E-state index is 0.0424.